The first-order valence-electron chi connectivity index (χ1n) is 6.98. The van der Waals surface area contributed by atoms with Crippen LogP contribution >= 0.6 is 0 Å². The zero-order valence-electron chi connectivity index (χ0n) is 11.8. The number of hydrogen-bond donors (Lipinski definition) is 2. The Bertz CT molecular complexity index is 475. The molecule has 1 aliphatic carbocycles. The summed E-state index contributed by atoms with van der Waals surface area (Å²) in [4.78, 5) is 11.0. The number of hydrogen-bond acceptors (Lipinski definition) is 4. The van der Waals surface area contributed by atoms with Crippen LogP contribution in [0.5, 0.6) is 0 Å². The minimum Gasteiger partial charge on any atom is -0.480 e. The van der Waals surface area contributed by atoms with E-state index in [1.165, 1.54) is 0 Å². The second kappa shape index (κ2) is 7.04. The Balaban J connectivity index is 2.77. The largest absolute Gasteiger partial charge is 0.480 e. The lowest BCUT2D eigenvalue weighted by Crippen LogP contribution is -2.45. The number of sulfonamides is 1. The van der Waals surface area contributed by atoms with E-state index in [-0.39, 0.29) is 12.2 Å². The second-order valence-electron chi connectivity index (χ2n) is 5.51. The van der Waals surface area contributed by atoms with Crippen molar-refractivity contribution in [1.82, 2.24) is 4.72 Å². The minimum absolute atomic E-state index is 0.244. The summed E-state index contributed by atoms with van der Waals surface area (Å²) in [5.74, 6) is -1.48. The molecule has 1 fully saturated rings. The molecule has 2 N–H and O–H groups in total. The topological polar surface area (TPSA) is 107 Å². The Labute approximate surface area is 120 Å². The van der Waals surface area contributed by atoms with E-state index in [1.54, 1.807) is 6.92 Å². The molecule has 20 heavy (non-hydrogen) atoms. The molecule has 1 unspecified atom stereocenters. The van der Waals surface area contributed by atoms with Crippen LogP contribution in [-0.4, -0.2) is 31.3 Å². The molecule has 0 amide bonds. The Kier molecular flexibility index (Phi) is 5.96. The maximum absolute atomic E-state index is 12.1. The Morgan fingerprint density at radius 3 is 2.45 bits per heavy atom. The molecule has 1 saturated carbocycles. The summed E-state index contributed by atoms with van der Waals surface area (Å²) in [5, 5.41) is 18.3. The number of nitriles is 1. The third-order valence-corrected chi connectivity index (χ3v) is 5.29. The second-order valence-corrected chi connectivity index (χ2v) is 7.26. The molecule has 6 nitrogen and oxygen atoms in total. The zero-order valence-corrected chi connectivity index (χ0v) is 12.6. The monoisotopic (exact) mass is 302 g/mol. The number of nitrogens with one attached hydrogen (secondary N) is 1. The number of carbonyl (C=O) groups is 1. The predicted molar refractivity (Wildman–Crippen MR) is 74.4 cm³/mol. The number of rotatable bonds is 7. The molecule has 0 radical (unpaired) electrons. The van der Waals surface area contributed by atoms with Crippen LogP contribution in [-0.2, 0) is 14.8 Å². The van der Waals surface area contributed by atoms with Crippen molar-refractivity contribution in [3.05, 3.63) is 0 Å². The number of nitrogens with zero attached hydrogens (tertiary/aromatic N) is 1. The Hall–Kier alpha value is -1.13. The fraction of sp³-hybridized carbons (Fsp3) is 0.846. The van der Waals surface area contributed by atoms with Crippen molar-refractivity contribution in [3.8, 4) is 6.07 Å². The Morgan fingerprint density at radius 2 is 2.00 bits per heavy atom. The van der Waals surface area contributed by atoms with Crippen molar-refractivity contribution in [1.29, 1.82) is 5.26 Å². The normalized spacial score (nSPS) is 20.0. The smallest absolute Gasteiger partial charge is 0.321 e. The van der Waals surface area contributed by atoms with Crippen molar-refractivity contribution in [3.63, 3.8) is 0 Å². The number of carboxylic acids is 1. The highest BCUT2D eigenvalue weighted by Crippen LogP contribution is 2.36. The van der Waals surface area contributed by atoms with Gasteiger partial charge in [0.15, 0.2) is 0 Å². The van der Waals surface area contributed by atoms with Gasteiger partial charge in [-0.25, -0.2) is 13.1 Å². The fourth-order valence-corrected chi connectivity index (χ4v) is 4.48. The lowest BCUT2D eigenvalue weighted by molar-refractivity contribution is -0.139. The molecule has 1 rings (SSSR count). The van der Waals surface area contributed by atoms with E-state index in [0.29, 0.717) is 19.3 Å². The molecular formula is C13H22N2O4S. The van der Waals surface area contributed by atoms with Gasteiger partial charge in [-0.3, -0.25) is 4.79 Å². The van der Waals surface area contributed by atoms with Crippen molar-refractivity contribution in [2.24, 2.45) is 5.41 Å². The lowest BCUT2D eigenvalue weighted by Gasteiger charge is -2.30. The molecule has 0 aromatic rings. The highest BCUT2D eigenvalue weighted by Gasteiger charge is 2.38. The maximum Gasteiger partial charge on any atom is 0.321 e. The molecule has 0 saturated heterocycles. The van der Waals surface area contributed by atoms with Crippen molar-refractivity contribution >= 4 is 16.0 Å². The SMILES string of the molecule is CCCC(NS(=O)(=O)CC1(C#N)CCCCC1)C(=O)O. The van der Waals surface area contributed by atoms with E-state index in [1.807, 2.05) is 0 Å². The molecule has 0 spiro atoms. The third kappa shape index (κ3) is 4.76. The first-order valence-corrected chi connectivity index (χ1v) is 8.63. The molecule has 0 bridgehead atoms. The third-order valence-electron chi connectivity index (χ3n) is 3.71. The lowest BCUT2D eigenvalue weighted by atomic mass is 9.77. The molecule has 1 aliphatic rings. The summed E-state index contributed by atoms with van der Waals surface area (Å²) >= 11 is 0. The first kappa shape index (κ1) is 16.9. The fourth-order valence-electron chi connectivity index (χ4n) is 2.66. The van der Waals surface area contributed by atoms with E-state index in [2.05, 4.69) is 10.8 Å². The summed E-state index contributed by atoms with van der Waals surface area (Å²) in [7, 11) is -3.77. The molecule has 114 valence electrons. The van der Waals surface area contributed by atoms with Gasteiger partial charge in [0, 0.05) is 0 Å². The van der Waals surface area contributed by atoms with Crippen molar-refractivity contribution in [2.45, 2.75) is 57.9 Å². The van der Waals surface area contributed by atoms with Gasteiger partial charge in [0.1, 0.15) is 6.04 Å². The van der Waals surface area contributed by atoms with E-state index < -0.39 is 27.4 Å². The average Bonchev–Trinajstić information content (AvgIpc) is 2.38. The number of carboxylic acid groups (broad SMARTS) is 1. The van der Waals surface area contributed by atoms with Gasteiger partial charge in [-0.15, -0.1) is 0 Å². The molecule has 0 aliphatic heterocycles. The van der Waals surface area contributed by atoms with E-state index in [9.17, 15) is 18.5 Å². The van der Waals surface area contributed by atoms with Crippen molar-refractivity contribution < 1.29 is 18.3 Å². The van der Waals surface area contributed by atoms with Crippen LogP contribution in [0.4, 0.5) is 0 Å². The van der Waals surface area contributed by atoms with Gasteiger partial charge in [0.2, 0.25) is 10.0 Å². The summed E-state index contributed by atoms with van der Waals surface area (Å²) in [6.45, 7) is 1.79. The summed E-state index contributed by atoms with van der Waals surface area (Å²) in [6, 6.07) is 1.03. The molecule has 0 heterocycles. The highest BCUT2D eigenvalue weighted by molar-refractivity contribution is 7.89. The van der Waals surface area contributed by atoms with Crippen LogP contribution in [0.2, 0.25) is 0 Å². The summed E-state index contributed by atoms with van der Waals surface area (Å²) in [5.41, 5.74) is -0.862. The van der Waals surface area contributed by atoms with E-state index in [0.717, 1.165) is 19.3 Å². The summed E-state index contributed by atoms with van der Waals surface area (Å²) in [6.07, 6.45) is 4.66. The van der Waals surface area contributed by atoms with Gasteiger partial charge in [-0.05, 0) is 19.3 Å². The van der Waals surface area contributed by atoms with E-state index >= 15 is 0 Å². The van der Waals surface area contributed by atoms with Gasteiger partial charge >= 0.3 is 5.97 Å². The van der Waals surface area contributed by atoms with Gasteiger partial charge < -0.3 is 5.11 Å². The van der Waals surface area contributed by atoms with Gasteiger partial charge in [0.25, 0.3) is 0 Å². The standard InChI is InChI=1S/C13H22N2O4S/c1-2-6-11(12(16)17)15-20(18,19)10-13(9-14)7-4-3-5-8-13/h11,15H,2-8,10H2,1H3,(H,16,17). The van der Waals surface area contributed by atoms with Gasteiger partial charge in [0.05, 0.1) is 17.2 Å². The molecule has 7 heteroatoms. The van der Waals surface area contributed by atoms with Gasteiger partial charge in [-0.2, -0.15) is 5.26 Å². The molecule has 0 aromatic heterocycles. The number of aliphatic carboxylic acids is 1. The van der Waals surface area contributed by atoms with Crippen LogP contribution < -0.4 is 4.72 Å². The van der Waals surface area contributed by atoms with E-state index in [4.69, 9.17) is 5.11 Å². The highest BCUT2D eigenvalue weighted by atomic mass is 32.2. The zero-order chi connectivity index (χ0) is 15.2. The quantitative estimate of drug-likeness (QED) is 0.743. The van der Waals surface area contributed by atoms with Crippen molar-refractivity contribution in [2.75, 3.05) is 5.75 Å². The maximum atomic E-state index is 12.1. The molecule has 1 atom stereocenters. The van der Waals surface area contributed by atoms with Gasteiger partial charge in [-0.1, -0.05) is 32.6 Å². The van der Waals surface area contributed by atoms with Crippen LogP contribution in [0.3, 0.4) is 0 Å². The molecule has 0 aromatic carbocycles. The predicted octanol–water partition coefficient (Wildman–Crippen LogP) is 1.63. The summed E-state index contributed by atoms with van der Waals surface area (Å²) < 4.78 is 26.5. The molecular weight excluding hydrogens is 280 g/mol. The van der Waals surface area contributed by atoms with Crippen LogP contribution in [0.1, 0.15) is 51.9 Å². The Morgan fingerprint density at radius 1 is 1.40 bits per heavy atom. The van der Waals surface area contributed by atoms with Crippen LogP contribution in [0.25, 0.3) is 0 Å². The van der Waals surface area contributed by atoms with Crippen LogP contribution in [0, 0.1) is 16.7 Å². The first-order chi connectivity index (χ1) is 9.34. The average molecular weight is 302 g/mol. The minimum atomic E-state index is -3.77. The van der Waals surface area contributed by atoms with Crippen LogP contribution in [0.15, 0.2) is 0 Å².